The first-order valence-corrected chi connectivity index (χ1v) is 10.1. The van der Waals surface area contributed by atoms with E-state index in [2.05, 4.69) is 14.9 Å². The number of rotatable bonds is 10. The Labute approximate surface area is 176 Å². The average Bonchev–Trinajstić information content (AvgIpc) is 3.39. The summed E-state index contributed by atoms with van der Waals surface area (Å²) in [6.45, 7) is -0.604. The van der Waals surface area contributed by atoms with Crippen LogP contribution in [0.1, 0.15) is 24.8 Å². The van der Waals surface area contributed by atoms with Gasteiger partial charge in [0.05, 0.1) is 11.5 Å². The molecule has 0 fully saturated rings. The second-order valence-electron chi connectivity index (χ2n) is 6.33. The lowest BCUT2D eigenvalue weighted by Crippen LogP contribution is -2.26. The van der Waals surface area contributed by atoms with E-state index in [1.54, 1.807) is 26.1 Å². The fourth-order valence-electron chi connectivity index (χ4n) is 2.74. The predicted octanol–water partition coefficient (Wildman–Crippen LogP) is 4.39. The second kappa shape index (κ2) is 10.1. The van der Waals surface area contributed by atoms with Gasteiger partial charge in [-0.3, -0.25) is 4.79 Å². The fraction of sp³-hybridized carbons (Fsp3) is 0.350. The van der Waals surface area contributed by atoms with E-state index in [1.165, 1.54) is 22.3 Å². The monoisotopic (exact) mass is 437 g/mol. The summed E-state index contributed by atoms with van der Waals surface area (Å²) in [6.07, 6.45) is 0.528. The average molecular weight is 437 g/mol. The number of hydrogen-bond acceptors (Lipinski definition) is 7. The third-order valence-electron chi connectivity index (χ3n) is 4.13. The van der Waals surface area contributed by atoms with Crippen LogP contribution in [0.3, 0.4) is 0 Å². The van der Waals surface area contributed by atoms with Gasteiger partial charge in [-0.2, -0.15) is 13.8 Å². The van der Waals surface area contributed by atoms with Crippen molar-refractivity contribution < 1.29 is 27.6 Å². The maximum atomic E-state index is 12.5. The molecule has 0 aliphatic rings. The molecule has 10 heteroatoms. The molecule has 3 rings (SSSR count). The molecule has 0 saturated carbocycles. The third-order valence-corrected chi connectivity index (χ3v) is 5.00. The lowest BCUT2D eigenvalue weighted by atomic mass is 10.1. The molecule has 0 N–H and O–H groups in total. The van der Waals surface area contributed by atoms with E-state index in [0.717, 1.165) is 10.4 Å². The van der Waals surface area contributed by atoms with Crippen molar-refractivity contribution in [2.24, 2.45) is 0 Å². The molecule has 0 radical (unpaired) electrons. The molecule has 0 spiro atoms. The van der Waals surface area contributed by atoms with Crippen LogP contribution in [0.2, 0.25) is 0 Å². The normalized spacial score (nSPS) is 11.0. The lowest BCUT2D eigenvalue weighted by molar-refractivity contribution is -0.130. The van der Waals surface area contributed by atoms with E-state index in [-0.39, 0.29) is 30.4 Å². The zero-order valence-corrected chi connectivity index (χ0v) is 17.3. The quantitative estimate of drug-likeness (QED) is 0.468. The highest BCUT2D eigenvalue weighted by atomic mass is 32.1. The van der Waals surface area contributed by atoms with Crippen molar-refractivity contribution in [1.29, 1.82) is 0 Å². The molecule has 160 valence electrons. The molecule has 1 amide bonds. The zero-order valence-electron chi connectivity index (χ0n) is 16.5. The van der Waals surface area contributed by atoms with Gasteiger partial charge in [0.25, 0.3) is 0 Å². The summed E-state index contributed by atoms with van der Waals surface area (Å²) in [4.78, 5) is 19.2. The van der Waals surface area contributed by atoms with Crippen LogP contribution in [0.5, 0.6) is 11.5 Å². The number of thiophene rings is 1. The van der Waals surface area contributed by atoms with Gasteiger partial charge in [-0.25, -0.2) is 0 Å². The maximum Gasteiger partial charge on any atom is 0.387 e. The topological polar surface area (TPSA) is 77.7 Å². The zero-order chi connectivity index (χ0) is 21.5. The number of ether oxygens (including phenoxy) is 2. The summed E-state index contributed by atoms with van der Waals surface area (Å²) < 4.78 is 40.1. The van der Waals surface area contributed by atoms with Gasteiger partial charge in [0.1, 0.15) is 0 Å². The molecule has 1 aromatic carbocycles. The van der Waals surface area contributed by atoms with E-state index in [0.29, 0.717) is 24.7 Å². The Morgan fingerprint density at radius 3 is 2.83 bits per heavy atom. The van der Waals surface area contributed by atoms with Crippen LogP contribution in [0.4, 0.5) is 8.78 Å². The van der Waals surface area contributed by atoms with E-state index in [4.69, 9.17) is 9.26 Å². The maximum absolute atomic E-state index is 12.5. The largest absolute Gasteiger partial charge is 0.490 e. The van der Waals surface area contributed by atoms with Crippen molar-refractivity contribution >= 4 is 17.2 Å². The van der Waals surface area contributed by atoms with Crippen LogP contribution in [-0.4, -0.2) is 41.2 Å². The Morgan fingerprint density at radius 1 is 1.30 bits per heavy atom. The number of alkyl halides is 2. The first-order chi connectivity index (χ1) is 14.5. The van der Waals surface area contributed by atoms with E-state index < -0.39 is 6.61 Å². The minimum atomic E-state index is -2.94. The van der Waals surface area contributed by atoms with Gasteiger partial charge in [-0.1, -0.05) is 17.3 Å². The summed E-state index contributed by atoms with van der Waals surface area (Å²) in [6, 6.07) is 8.42. The van der Waals surface area contributed by atoms with E-state index >= 15 is 0 Å². The highest BCUT2D eigenvalue weighted by Gasteiger charge is 2.16. The van der Waals surface area contributed by atoms with Crippen molar-refractivity contribution in [3.05, 3.63) is 47.2 Å². The van der Waals surface area contributed by atoms with Gasteiger partial charge < -0.3 is 18.9 Å². The smallest absolute Gasteiger partial charge is 0.387 e. The SMILES string of the molecule is CCOc1cc(CN(C)C(=O)CCc2nc(-c3cccs3)no2)ccc1OC(F)F. The number of hydrogen-bond donors (Lipinski definition) is 0. The predicted molar refractivity (Wildman–Crippen MR) is 107 cm³/mol. The molecule has 0 unspecified atom stereocenters. The Hall–Kier alpha value is -3.01. The summed E-state index contributed by atoms with van der Waals surface area (Å²) in [5.41, 5.74) is 0.730. The van der Waals surface area contributed by atoms with Crippen LogP contribution in [0, 0.1) is 0 Å². The lowest BCUT2D eigenvalue weighted by Gasteiger charge is -2.18. The van der Waals surface area contributed by atoms with E-state index in [1.807, 2.05) is 17.5 Å². The molecule has 2 aromatic heterocycles. The molecule has 2 heterocycles. The number of nitrogens with zero attached hydrogens (tertiary/aromatic N) is 3. The third kappa shape index (κ3) is 5.76. The summed E-state index contributed by atoms with van der Waals surface area (Å²) >= 11 is 1.51. The second-order valence-corrected chi connectivity index (χ2v) is 7.28. The minimum absolute atomic E-state index is 0.0393. The van der Waals surface area contributed by atoms with Crippen LogP contribution < -0.4 is 9.47 Å². The molecule has 7 nitrogen and oxygen atoms in total. The fourth-order valence-corrected chi connectivity index (χ4v) is 3.39. The minimum Gasteiger partial charge on any atom is -0.490 e. The Kier molecular flexibility index (Phi) is 7.34. The van der Waals surface area contributed by atoms with Crippen LogP contribution >= 0.6 is 11.3 Å². The Morgan fingerprint density at radius 2 is 2.13 bits per heavy atom. The number of carbonyl (C=O) groups is 1. The van der Waals surface area contributed by atoms with Crippen LogP contribution in [0.25, 0.3) is 10.7 Å². The molecule has 3 aromatic rings. The van der Waals surface area contributed by atoms with Crippen LogP contribution in [0.15, 0.2) is 40.2 Å². The summed E-state index contributed by atoms with van der Waals surface area (Å²) in [7, 11) is 1.66. The number of amides is 1. The van der Waals surface area contributed by atoms with Gasteiger partial charge in [0, 0.05) is 26.4 Å². The van der Waals surface area contributed by atoms with Crippen LogP contribution in [-0.2, 0) is 17.8 Å². The molecule has 0 aliphatic heterocycles. The number of halogens is 2. The number of aryl methyl sites for hydroxylation is 1. The van der Waals surface area contributed by atoms with Gasteiger partial charge in [0.2, 0.25) is 17.6 Å². The molecule has 0 saturated heterocycles. The van der Waals surface area contributed by atoms with Crippen molar-refractivity contribution in [3.63, 3.8) is 0 Å². The van der Waals surface area contributed by atoms with Crippen molar-refractivity contribution in [2.45, 2.75) is 32.9 Å². The van der Waals surface area contributed by atoms with Crippen molar-refractivity contribution in [1.82, 2.24) is 15.0 Å². The molecule has 30 heavy (non-hydrogen) atoms. The first-order valence-electron chi connectivity index (χ1n) is 9.27. The number of carbonyl (C=O) groups excluding carboxylic acids is 1. The van der Waals surface area contributed by atoms with Crippen molar-refractivity contribution in [3.8, 4) is 22.2 Å². The van der Waals surface area contributed by atoms with Crippen molar-refractivity contribution in [2.75, 3.05) is 13.7 Å². The molecular weight excluding hydrogens is 416 g/mol. The molecule has 0 aliphatic carbocycles. The Balaban J connectivity index is 1.56. The highest BCUT2D eigenvalue weighted by Crippen LogP contribution is 2.30. The number of aromatic nitrogens is 2. The molecule has 0 atom stereocenters. The number of benzene rings is 1. The molecule has 0 bridgehead atoms. The van der Waals surface area contributed by atoms with Gasteiger partial charge in [-0.15, -0.1) is 11.3 Å². The van der Waals surface area contributed by atoms with Gasteiger partial charge in [-0.05, 0) is 36.1 Å². The summed E-state index contributed by atoms with van der Waals surface area (Å²) in [5.74, 6) is 0.963. The molecular formula is C20H21F2N3O4S. The standard InChI is InChI=1S/C20H21F2N3O4S/c1-3-27-15-11-13(6-7-14(15)28-20(21)22)12-25(2)18(26)9-8-17-23-19(24-29-17)16-5-4-10-30-16/h4-7,10-11,20H,3,8-9,12H2,1-2H3. The van der Waals surface area contributed by atoms with E-state index in [9.17, 15) is 13.6 Å². The van der Waals surface area contributed by atoms with Gasteiger partial charge >= 0.3 is 6.61 Å². The van der Waals surface area contributed by atoms with Gasteiger partial charge in [0.15, 0.2) is 11.5 Å². The highest BCUT2D eigenvalue weighted by molar-refractivity contribution is 7.13. The first kappa shape index (κ1) is 21.7. The summed E-state index contributed by atoms with van der Waals surface area (Å²) in [5, 5.41) is 5.85. The Bertz CT molecular complexity index is 963.